The monoisotopic (exact) mass is 672 g/mol. The summed E-state index contributed by atoms with van der Waals surface area (Å²) in [5, 5.41) is 10.6. The lowest BCUT2D eigenvalue weighted by Crippen LogP contribution is -2.33. The minimum absolute atomic E-state index is 0.264. The summed E-state index contributed by atoms with van der Waals surface area (Å²) in [6.07, 6.45) is -0.264. The zero-order chi connectivity index (χ0) is 33.5. The highest BCUT2D eigenvalue weighted by Gasteiger charge is 2.24. The highest BCUT2D eigenvalue weighted by Crippen LogP contribution is 2.42. The van der Waals surface area contributed by atoms with Crippen LogP contribution in [0.3, 0.4) is 0 Å². The molecule has 0 radical (unpaired) electrons. The molecule has 0 bridgehead atoms. The second-order valence-electron chi connectivity index (χ2n) is 13.0. The van der Waals surface area contributed by atoms with Crippen molar-refractivity contribution in [3.05, 3.63) is 174 Å². The topological polar surface area (TPSA) is 54.8 Å². The van der Waals surface area contributed by atoms with Gasteiger partial charge in [-0.1, -0.05) is 109 Å². The van der Waals surface area contributed by atoms with Crippen LogP contribution in [0.25, 0.3) is 69.6 Å². The molecule has 4 heterocycles. The number of rotatable bonds is 4. The molecule has 0 spiro atoms. The van der Waals surface area contributed by atoms with Crippen LogP contribution in [0.4, 0.5) is 0 Å². The Kier molecular flexibility index (Phi) is 6.12. The molecule has 7 aromatic carbocycles. The van der Waals surface area contributed by atoms with Crippen molar-refractivity contribution in [1.29, 1.82) is 0 Å². The average Bonchev–Trinajstić information content (AvgIpc) is 3.86. The fourth-order valence-corrected chi connectivity index (χ4v) is 8.88. The van der Waals surface area contributed by atoms with Crippen LogP contribution >= 0.6 is 11.3 Å². The van der Waals surface area contributed by atoms with Crippen LogP contribution in [-0.4, -0.2) is 16.2 Å². The van der Waals surface area contributed by atoms with Crippen LogP contribution < -0.4 is 5.32 Å². The van der Waals surface area contributed by atoms with Gasteiger partial charge in [-0.15, -0.1) is 11.3 Å². The maximum Gasteiger partial charge on any atom is 0.160 e. The molecular formula is C45H28N4OS. The van der Waals surface area contributed by atoms with Crippen molar-refractivity contribution in [1.82, 2.24) is 9.88 Å². The molecule has 1 aliphatic rings. The van der Waals surface area contributed by atoms with E-state index in [2.05, 4.69) is 143 Å². The first-order valence-corrected chi connectivity index (χ1v) is 17.9. The molecule has 240 valence electrons. The molecular weight excluding hydrogens is 645 g/mol. The molecule has 51 heavy (non-hydrogen) atoms. The molecule has 1 N–H and O–H groups in total. The number of nitrogens with one attached hydrogen (secondary N) is 1. The summed E-state index contributed by atoms with van der Waals surface area (Å²) in [5.74, 6) is 1.52. The van der Waals surface area contributed by atoms with Crippen LogP contribution in [0.5, 0.6) is 0 Å². The number of aromatic nitrogens is 1. The van der Waals surface area contributed by atoms with E-state index in [1.165, 1.54) is 31.2 Å². The third-order valence-electron chi connectivity index (χ3n) is 10.1. The number of para-hydroxylation sites is 2. The molecule has 0 aliphatic carbocycles. The predicted octanol–water partition coefficient (Wildman–Crippen LogP) is 11.5. The summed E-state index contributed by atoms with van der Waals surface area (Å²) >= 11 is 1.80. The van der Waals surface area contributed by atoms with E-state index in [0.29, 0.717) is 5.84 Å². The van der Waals surface area contributed by atoms with Crippen molar-refractivity contribution >= 4 is 86.9 Å². The fourth-order valence-electron chi connectivity index (χ4n) is 7.73. The number of amidine groups is 2. The van der Waals surface area contributed by atoms with E-state index in [4.69, 9.17) is 14.4 Å². The Hall–Kier alpha value is -6.50. The molecule has 5 nitrogen and oxygen atoms in total. The number of thiophene rings is 1. The van der Waals surface area contributed by atoms with Gasteiger partial charge in [0.25, 0.3) is 0 Å². The van der Waals surface area contributed by atoms with Gasteiger partial charge in [-0.3, -0.25) is 0 Å². The Labute approximate surface area is 296 Å². The van der Waals surface area contributed by atoms with Crippen molar-refractivity contribution in [2.45, 2.75) is 6.17 Å². The Morgan fingerprint density at radius 3 is 2.06 bits per heavy atom. The molecule has 0 saturated carbocycles. The average molecular weight is 673 g/mol. The quantitative estimate of drug-likeness (QED) is 0.202. The van der Waals surface area contributed by atoms with E-state index >= 15 is 0 Å². The summed E-state index contributed by atoms with van der Waals surface area (Å²) in [6.45, 7) is 0. The van der Waals surface area contributed by atoms with E-state index in [1.807, 2.05) is 24.3 Å². The van der Waals surface area contributed by atoms with Crippen LogP contribution in [-0.2, 0) is 0 Å². The summed E-state index contributed by atoms with van der Waals surface area (Å²) in [6, 6.07) is 55.4. The first-order chi connectivity index (χ1) is 25.3. The molecule has 0 saturated heterocycles. The Morgan fingerprint density at radius 2 is 1.27 bits per heavy atom. The van der Waals surface area contributed by atoms with Gasteiger partial charge in [0.05, 0.1) is 11.0 Å². The van der Waals surface area contributed by atoms with E-state index in [1.54, 1.807) is 11.3 Å². The number of nitrogens with zero attached hydrogens (tertiary/aromatic N) is 3. The lowest BCUT2D eigenvalue weighted by Gasteiger charge is -2.24. The first kappa shape index (κ1) is 28.3. The van der Waals surface area contributed by atoms with Gasteiger partial charge in [0.1, 0.15) is 23.2 Å². The van der Waals surface area contributed by atoms with Gasteiger partial charge in [-0.25, -0.2) is 9.98 Å². The molecule has 1 unspecified atom stereocenters. The lowest BCUT2D eigenvalue weighted by atomic mass is 10.0. The van der Waals surface area contributed by atoms with Gasteiger partial charge in [0.15, 0.2) is 5.84 Å². The third-order valence-corrected chi connectivity index (χ3v) is 11.2. The van der Waals surface area contributed by atoms with Gasteiger partial charge >= 0.3 is 0 Å². The highest BCUT2D eigenvalue weighted by molar-refractivity contribution is 7.26. The zero-order valence-corrected chi connectivity index (χ0v) is 28.1. The van der Waals surface area contributed by atoms with E-state index in [9.17, 15) is 0 Å². The number of furan rings is 1. The minimum atomic E-state index is -0.264. The van der Waals surface area contributed by atoms with E-state index in [-0.39, 0.29) is 6.17 Å². The van der Waals surface area contributed by atoms with Crippen LogP contribution in [0.2, 0.25) is 0 Å². The van der Waals surface area contributed by atoms with Gasteiger partial charge in [-0.2, -0.15) is 0 Å². The second-order valence-corrected chi connectivity index (χ2v) is 14.1. The SMILES string of the molecule is c1ccc(C2=NC(c3cccc4sc5cc6c(cc5c34)oc3cc(-n4c5ccccc5c5ccccc54)ccc36)=NC(c3ccccc3)N2)cc1. The zero-order valence-electron chi connectivity index (χ0n) is 27.2. The van der Waals surface area contributed by atoms with Crippen molar-refractivity contribution < 1.29 is 4.42 Å². The summed E-state index contributed by atoms with van der Waals surface area (Å²) < 4.78 is 11.4. The second kappa shape index (κ2) is 11.0. The normalized spacial score (nSPS) is 14.9. The smallest absolute Gasteiger partial charge is 0.160 e. The maximum absolute atomic E-state index is 6.70. The Morgan fingerprint density at radius 1 is 0.569 bits per heavy atom. The predicted molar refractivity (Wildman–Crippen MR) is 213 cm³/mol. The third kappa shape index (κ3) is 4.40. The number of benzene rings is 7. The maximum atomic E-state index is 6.70. The van der Waals surface area contributed by atoms with Crippen molar-refractivity contribution in [2.75, 3.05) is 0 Å². The highest BCUT2D eigenvalue weighted by atomic mass is 32.1. The number of hydrogen-bond acceptors (Lipinski definition) is 5. The van der Waals surface area contributed by atoms with Gasteiger partial charge in [0, 0.05) is 64.6 Å². The fraction of sp³-hybridized carbons (Fsp3) is 0.0222. The molecule has 0 fully saturated rings. The molecule has 11 rings (SSSR count). The van der Waals surface area contributed by atoms with Crippen molar-refractivity contribution in [3.63, 3.8) is 0 Å². The largest absolute Gasteiger partial charge is 0.456 e. The summed E-state index contributed by atoms with van der Waals surface area (Å²) in [4.78, 5) is 10.3. The number of hydrogen-bond donors (Lipinski definition) is 1. The van der Waals surface area contributed by atoms with Crippen LogP contribution in [0, 0.1) is 0 Å². The number of aliphatic imine (C=N–C) groups is 2. The molecule has 1 atom stereocenters. The molecule has 1 aliphatic heterocycles. The van der Waals surface area contributed by atoms with Crippen molar-refractivity contribution in [3.8, 4) is 5.69 Å². The summed E-state index contributed by atoms with van der Waals surface area (Å²) in [7, 11) is 0. The van der Waals surface area contributed by atoms with E-state index in [0.717, 1.165) is 60.9 Å². The Bertz CT molecular complexity index is 3010. The lowest BCUT2D eigenvalue weighted by molar-refractivity contribution is 0.669. The minimum Gasteiger partial charge on any atom is -0.456 e. The molecule has 0 amide bonds. The van der Waals surface area contributed by atoms with Gasteiger partial charge < -0.3 is 14.3 Å². The Balaban J connectivity index is 1.09. The number of fused-ring (bicyclic) bond motifs is 9. The molecule has 3 aromatic heterocycles. The standard InChI is InChI=1S/C45H28N4OS/c1-3-12-27(13-4-1)43-46-44(28-14-5-2-6-15-28)48-45(47-43)33-18-11-21-40-42(33)35-25-39-34(26-41(35)51-40)32-23-22-29(24-38(32)50-39)49-36-19-9-7-16-30(36)31-17-8-10-20-37(31)49/h1-26,43H,(H,46,47,48). The van der Waals surface area contributed by atoms with Crippen LogP contribution in [0.15, 0.2) is 172 Å². The van der Waals surface area contributed by atoms with Crippen LogP contribution in [0.1, 0.15) is 22.9 Å². The first-order valence-electron chi connectivity index (χ1n) is 17.1. The van der Waals surface area contributed by atoms with Gasteiger partial charge in [0.2, 0.25) is 0 Å². The van der Waals surface area contributed by atoms with Crippen molar-refractivity contribution in [2.24, 2.45) is 9.98 Å². The molecule has 10 aromatic rings. The van der Waals surface area contributed by atoms with E-state index < -0.39 is 0 Å². The van der Waals surface area contributed by atoms with Gasteiger partial charge in [-0.05, 0) is 48.0 Å². The summed E-state index contributed by atoms with van der Waals surface area (Å²) in [5.41, 5.74) is 8.31. The molecule has 6 heteroatoms.